The fraction of sp³-hybridized carbons (Fsp3) is 0.895. The second kappa shape index (κ2) is 16.7. The molecule has 142 valence electrons. The molecule has 0 bridgehead atoms. The van der Waals surface area contributed by atoms with Gasteiger partial charge in [0.1, 0.15) is 13.3 Å². The minimum absolute atomic E-state index is 0.189. The van der Waals surface area contributed by atoms with Crippen molar-refractivity contribution in [2.24, 2.45) is 0 Å². The zero-order valence-corrected chi connectivity index (χ0v) is 15.5. The van der Waals surface area contributed by atoms with Gasteiger partial charge in [-0.1, -0.05) is 65.2 Å². The Labute approximate surface area is 146 Å². The molecule has 1 atom stereocenters. The van der Waals surface area contributed by atoms with E-state index in [1.165, 1.54) is 6.42 Å². The summed E-state index contributed by atoms with van der Waals surface area (Å²) in [6.45, 7) is 3.25. The maximum absolute atomic E-state index is 12.9. The van der Waals surface area contributed by atoms with Crippen LogP contribution in [0, 0.1) is 0 Å². The van der Waals surface area contributed by atoms with Gasteiger partial charge in [-0.2, -0.15) is 0 Å². The van der Waals surface area contributed by atoms with Crippen LogP contribution in [0.25, 0.3) is 0 Å². The summed E-state index contributed by atoms with van der Waals surface area (Å²) in [5, 5.41) is 0. The molecule has 0 radical (unpaired) electrons. The smallest absolute Gasteiger partial charge is 0.306 e. The minimum Gasteiger partial charge on any atom is -0.462 e. The highest BCUT2D eigenvalue weighted by Crippen LogP contribution is 2.09. The molecule has 0 amide bonds. The molecule has 4 nitrogen and oxygen atoms in total. The van der Waals surface area contributed by atoms with Gasteiger partial charge in [0.15, 0.2) is 6.10 Å². The summed E-state index contributed by atoms with van der Waals surface area (Å²) < 4.78 is 22.9. The summed E-state index contributed by atoms with van der Waals surface area (Å²) in [5.41, 5.74) is 0. The first-order chi connectivity index (χ1) is 11.6. The lowest BCUT2D eigenvalue weighted by molar-refractivity contribution is -0.160. The van der Waals surface area contributed by atoms with Gasteiger partial charge in [-0.25, -0.2) is 4.39 Å². The average Bonchev–Trinajstić information content (AvgIpc) is 2.58. The third-order valence-electron chi connectivity index (χ3n) is 3.87. The molecule has 0 aromatic rings. The molecular formula is C19H35FO4. The number of esters is 2. The van der Waals surface area contributed by atoms with Crippen molar-refractivity contribution in [1.82, 2.24) is 0 Å². The van der Waals surface area contributed by atoms with Gasteiger partial charge in [0, 0.05) is 12.8 Å². The van der Waals surface area contributed by atoms with Crippen LogP contribution in [-0.4, -0.2) is 31.3 Å². The van der Waals surface area contributed by atoms with E-state index in [-0.39, 0.29) is 12.6 Å². The second-order valence-corrected chi connectivity index (χ2v) is 6.28. The largest absolute Gasteiger partial charge is 0.462 e. The number of alkyl halides is 1. The zero-order valence-electron chi connectivity index (χ0n) is 15.5. The maximum atomic E-state index is 12.9. The number of unbranched alkanes of at least 4 members (excludes halogenated alkanes) is 8. The highest BCUT2D eigenvalue weighted by atomic mass is 19.1. The standard InChI is InChI=1S/C19H35FO4/c1-3-5-7-9-11-13-18(21)23-16-17(15-20)24-19(22)14-12-10-8-6-4-2/h17H,3-16H2,1-2H3. The quantitative estimate of drug-likeness (QED) is 0.287. The molecule has 0 fully saturated rings. The number of ether oxygens (including phenoxy) is 2. The molecule has 0 aliphatic rings. The Hall–Kier alpha value is -1.13. The Morgan fingerprint density at radius 3 is 1.79 bits per heavy atom. The lowest BCUT2D eigenvalue weighted by Gasteiger charge is -2.15. The predicted molar refractivity (Wildman–Crippen MR) is 93.6 cm³/mol. The zero-order chi connectivity index (χ0) is 18.0. The molecule has 24 heavy (non-hydrogen) atoms. The van der Waals surface area contributed by atoms with E-state index in [1.807, 2.05) is 0 Å². The van der Waals surface area contributed by atoms with Crippen molar-refractivity contribution in [2.45, 2.75) is 97.0 Å². The van der Waals surface area contributed by atoms with Crippen LogP contribution < -0.4 is 0 Å². The lowest BCUT2D eigenvalue weighted by atomic mass is 10.1. The molecule has 0 N–H and O–H groups in total. The molecule has 0 heterocycles. The van der Waals surface area contributed by atoms with Crippen molar-refractivity contribution in [3.63, 3.8) is 0 Å². The van der Waals surface area contributed by atoms with Crippen LogP contribution in [0.3, 0.4) is 0 Å². The first-order valence-corrected chi connectivity index (χ1v) is 9.55. The monoisotopic (exact) mass is 346 g/mol. The fourth-order valence-corrected chi connectivity index (χ4v) is 2.36. The lowest BCUT2D eigenvalue weighted by Crippen LogP contribution is -2.27. The Morgan fingerprint density at radius 1 is 0.792 bits per heavy atom. The van der Waals surface area contributed by atoms with Gasteiger partial charge in [-0.15, -0.1) is 0 Å². The van der Waals surface area contributed by atoms with Crippen molar-refractivity contribution in [3.05, 3.63) is 0 Å². The molecule has 0 spiro atoms. The van der Waals surface area contributed by atoms with Gasteiger partial charge < -0.3 is 9.47 Å². The van der Waals surface area contributed by atoms with Gasteiger partial charge in [0.25, 0.3) is 0 Å². The van der Waals surface area contributed by atoms with Crippen molar-refractivity contribution in [3.8, 4) is 0 Å². The van der Waals surface area contributed by atoms with Gasteiger partial charge in [-0.3, -0.25) is 9.59 Å². The summed E-state index contributed by atoms with van der Waals surface area (Å²) in [6, 6.07) is 0. The van der Waals surface area contributed by atoms with Crippen LogP contribution in [0.4, 0.5) is 4.39 Å². The topological polar surface area (TPSA) is 52.6 Å². The number of rotatable bonds is 16. The highest BCUT2D eigenvalue weighted by Gasteiger charge is 2.16. The molecule has 1 unspecified atom stereocenters. The molecule has 0 saturated heterocycles. The molecule has 0 aliphatic carbocycles. The molecule has 0 aliphatic heterocycles. The molecule has 0 rings (SSSR count). The second-order valence-electron chi connectivity index (χ2n) is 6.28. The van der Waals surface area contributed by atoms with E-state index < -0.39 is 18.7 Å². The van der Waals surface area contributed by atoms with Crippen molar-refractivity contribution in [1.29, 1.82) is 0 Å². The Balaban J connectivity index is 3.73. The van der Waals surface area contributed by atoms with Crippen LogP contribution in [0.5, 0.6) is 0 Å². The Bertz CT molecular complexity index is 320. The fourth-order valence-electron chi connectivity index (χ4n) is 2.36. The number of carbonyl (C=O) groups is 2. The average molecular weight is 346 g/mol. The van der Waals surface area contributed by atoms with Crippen molar-refractivity contribution in [2.75, 3.05) is 13.3 Å². The number of hydrogen-bond donors (Lipinski definition) is 0. The number of hydrogen-bond acceptors (Lipinski definition) is 4. The van der Waals surface area contributed by atoms with E-state index in [9.17, 15) is 14.0 Å². The van der Waals surface area contributed by atoms with Crippen molar-refractivity contribution < 1.29 is 23.5 Å². The minimum atomic E-state index is -0.975. The normalized spacial score (nSPS) is 12.0. The van der Waals surface area contributed by atoms with Gasteiger partial charge in [0.05, 0.1) is 0 Å². The van der Waals surface area contributed by atoms with E-state index >= 15 is 0 Å². The predicted octanol–water partition coefficient (Wildman–Crippen LogP) is 5.13. The first kappa shape index (κ1) is 22.9. The molecule has 0 aromatic carbocycles. The Morgan fingerprint density at radius 2 is 1.29 bits per heavy atom. The van der Waals surface area contributed by atoms with E-state index in [2.05, 4.69) is 13.8 Å². The molecular weight excluding hydrogens is 311 g/mol. The van der Waals surface area contributed by atoms with E-state index in [0.29, 0.717) is 12.8 Å². The number of halogens is 1. The summed E-state index contributed by atoms with van der Waals surface area (Å²) in [5.74, 6) is -0.759. The third kappa shape index (κ3) is 14.5. The summed E-state index contributed by atoms with van der Waals surface area (Å²) in [4.78, 5) is 23.2. The summed E-state index contributed by atoms with van der Waals surface area (Å²) >= 11 is 0. The first-order valence-electron chi connectivity index (χ1n) is 9.55. The third-order valence-corrected chi connectivity index (χ3v) is 3.87. The van der Waals surface area contributed by atoms with Gasteiger partial charge in [0.2, 0.25) is 0 Å². The summed E-state index contributed by atoms with van der Waals surface area (Å²) in [7, 11) is 0. The van der Waals surface area contributed by atoms with Crippen molar-refractivity contribution >= 4 is 11.9 Å². The number of carbonyl (C=O) groups excluding carboxylic acids is 2. The Kier molecular flexibility index (Phi) is 15.9. The highest BCUT2D eigenvalue weighted by molar-refractivity contribution is 5.70. The van der Waals surface area contributed by atoms with Gasteiger partial charge >= 0.3 is 11.9 Å². The van der Waals surface area contributed by atoms with E-state index in [4.69, 9.17) is 9.47 Å². The molecule has 5 heteroatoms. The molecule has 0 saturated carbocycles. The SMILES string of the molecule is CCCCCCCC(=O)OCC(CF)OC(=O)CCCCCCC. The molecule has 0 aromatic heterocycles. The van der Waals surface area contributed by atoms with Crippen LogP contribution in [-0.2, 0) is 19.1 Å². The summed E-state index contributed by atoms with van der Waals surface area (Å²) in [6.07, 6.45) is 10.1. The van der Waals surface area contributed by atoms with E-state index in [0.717, 1.165) is 57.8 Å². The van der Waals surface area contributed by atoms with Gasteiger partial charge in [-0.05, 0) is 12.8 Å². The van der Waals surface area contributed by atoms with Crippen LogP contribution >= 0.6 is 0 Å². The maximum Gasteiger partial charge on any atom is 0.306 e. The van der Waals surface area contributed by atoms with E-state index in [1.54, 1.807) is 0 Å². The van der Waals surface area contributed by atoms with Crippen LogP contribution in [0.1, 0.15) is 90.9 Å². The van der Waals surface area contributed by atoms with Crippen LogP contribution in [0.2, 0.25) is 0 Å². The van der Waals surface area contributed by atoms with Crippen LogP contribution in [0.15, 0.2) is 0 Å².